The van der Waals surface area contributed by atoms with Gasteiger partial charge < -0.3 is 10.6 Å². The van der Waals surface area contributed by atoms with Crippen LogP contribution in [0.4, 0.5) is 0 Å². The lowest BCUT2D eigenvalue weighted by atomic mass is 10.1. The van der Waals surface area contributed by atoms with Crippen LogP contribution in [-0.2, 0) is 9.59 Å². The minimum Gasteiger partial charge on any atom is -0.368 e. The maximum atomic E-state index is 11.4. The van der Waals surface area contributed by atoms with E-state index in [4.69, 9.17) is 5.73 Å². The molecule has 1 aromatic rings. The van der Waals surface area contributed by atoms with Gasteiger partial charge >= 0.3 is 0 Å². The van der Waals surface area contributed by atoms with Crippen molar-refractivity contribution < 1.29 is 9.59 Å². The number of carbonyl (C=O) groups is 2. The SMILES string of the molecule is CC(=O)N(C)C(C(N)=O)c1cccc(Br)c1. The molecule has 86 valence electrons. The van der Waals surface area contributed by atoms with E-state index in [0.717, 1.165) is 4.47 Å². The standard InChI is InChI=1S/C11H13BrN2O2/c1-7(15)14(2)10(11(13)16)8-4-3-5-9(12)6-8/h3-6,10H,1-2H3,(H2,13,16). The van der Waals surface area contributed by atoms with Crippen LogP contribution >= 0.6 is 15.9 Å². The highest BCUT2D eigenvalue weighted by Crippen LogP contribution is 2.22. The van der Waals surface area contributed by atoms with Crippen LogP contribution < -0.4 is 5.73 Å². The summed E-state index contributed by atoms with van der Waals surface area (Å²) >= 11 is 3.31. The van der Waals surface area contributed by atoms with Gasteiger partial charge in [-0.05, 0) is 17.7 Å². The zero-order valence-electron chi connectivity index (χ0n) is 9.11. The summed E-state index contributed by atoms with van der Waals surface area (Å²) in [7, 11) is 1.55. The number of nitrogens with zero attached hydrogens (tertiary/aromatic N) is 1. The fraction of sp³-hybridized carbons (Fsp3) is 0.273. The van der Waals surface area contributed by atoms with E-state index in [0.29, 0.717) is 5.56 Å². The van der Waals surface area contributed by atoms with E-state index in [2.05, 4.69) is 15.9 Å². The molecule has 0 saturated heterocycles. The van der Waals surface area contributed by atoms with Gasteiger partial charge in [-0.15, -0.1) is 0 Å². The lowest BCUT2D eigenvalue weighted by molar-refractivity contribution is -0.136. The van der Waals surface area contributed by atoms with Crippen molar-refractivity contribution in [2.75, 3.05) is 7.05 Å². The number of hydrogen-bond donors (Lipinski definition) is 1. The largest absolute Gasteiger partial charge is 0.368 e. The Balaban J connectivity index is 3.12. The van der Waals surface area contributed by atoms with E-state index in [1.165, 1.54) is 11.8 Å². The molecular weight excluding hydrogens is 272 g/mol. The van der Waals surface area contributed by atoms with Crippen molar-refractivity contribution >= 4 is 27.7 Å². The van der Waals surface area contributed by atoms with Crippen molar-refractivity contribution in [1.29, 1.82) is 0 Å². The van der Waals surface area contributed by atoms with Crippen molar-refractivity contribution in [2.24, 2.45) is 5.73 Å². The maximum absolute atomic E-state index is 11.4. The first-order valence-corrected chi connectivity index (χ1v) is 5.51. The summed E-state index contributed by atoms with van der Waals surface area (Å²) in [6, 6.07) is 6.45. The Bertz CT molecular complexity index is 420. The molecule has 0 aliphatic heterocycles. The van der Waals surface area contributed by atoms with E-state index in [1.807, 2.05) is 6.07 Å². The Labute approximate surface area is 103 Å². The predicted octanol–water partition coefficient (Wildman–Crippen LogP) is 1.45. The zero-order valence-corrected chi connectivity index (χ0v) is 10.7. The molecule has 5 heteroatoms. The van der Waals surface area contributed by atoms with E-state index < -0.39 is 11.9 Å². The number of rotatable bonds is 3. The van der Waals surface area contributed by atoms with Gasteiger partial charge in [-0.3, -0.25) is 9.59 Å². The van der Waals surface area contributed by atoms with Gasteiger partial charge in [0, 0.05) is 18.4 Å². The van der Waals surface area contributed by atoms with Crippen LogP contribution in [0.2, 0.25) is 0 Å². The Hall–Kier alpha value is -1.36. The van der Waals surface area contributed by atoms with Crippen LogP contribution in [0.25, 0.3) is 0 Å². The topological polar surface area (TPSA) is 63.4 Å². The lowest BCUT2D eigenvalue weighted by Crippen LogP contribution is -2.37. The number of nitrogens with two attached hydrogens (primary N) is 1. The number of likely N-dealkylation sites (N-methyl/N-ethyl adjacent to an activating group) is 1. The molecule has 0 aliphatic carbocycles. The highest BCUT2D eigenvalue weighted by molar-refractivity contribution is 9.10. The molecule has 0 saturated carbocycles. The third-order valence-electron chi connectivity index (χ3n) is 2.32. The van der Waals surface area contributed by atoms with Crippen LogP contribution in [-0.4, -0.2) is 23.8 Å². The lowest BCUT2D eigenvalue weighted by Gasteiger charge is -2.24. The second-order valence-corrected chi connectivity index (χ2v) is 4.41. The van der Waals surface area contributed by atoms with Gasteiger partial charge in [0.05, 0.1) is 0 Å². The summed E-state index contributed by atoms with van der Waals surface area (Å²) in [6.45, 7) is 1.40. The second kappa shape index (κ2) is 5.12. The number of benzene rings is 1. The van der Waals surface area contributed by atoms with Gasteiger partial charge in [-0.1, -0.05) is 28.1 Å². The number of hydrogen-bond acceptors (Lipinski definition) is 2. The second-order valence-electron chi connectivity index (χ2n) is 3.49. The molecule has 1 aromatic carbocycles. The van der Waals surface area contributed by atoms with Gasteiger partial charge in [-0.25, -0.2) is 0 Å². The summed E-state index contributed by atoms with van der Waals surface area (Å²) in [5, 5.41) is 0. The molecule has 1 unspecified atom stereocenters. The molecule has 0 aromatic heterocycles. The van der Waals surface area contributed by atoms with Crippen molar-refractivity contribution in [2.45, 2.75) is 13.0 Å². The van der Waals surface area contributed by atoms with Gasteiger partial charge in [0.25, 0.3) is 0 Å². The minimum absolute atomic E-state index is 0.205. The van der Waals surface area contributed by atoms with Crippen molar-refractivity contribution in [3.8, 4) is 0 Å². The quantitative estimate of drug-likeness (QED) is 0.913. The molecule has 2 amide bonds. The highest BCUT2D eigenvalue weighted by Gasteiger charge is 2.24. The number of amides is 2. The fourth-order valence-corrected chi connectivity index (χ4v) is 1.85. The number of primary amides is 1. The van der Waals surface area contributed by atoms with Crippen LogP contribution in [0.1, 0.15) is 18.5 Å². The van der Waals surface area contributed by atoms with Gasteiger partial charge in [0.1, 0.15) is 6.04 Å². The average Bonchev–Trinajstić information content (AvgIpc) is 2.17. The first-order valence-electron chi connectivity index (χ1n) is 4.71. The highest BCUT2D eigenvalue weighted by atomic mass is 79.9. The molecule has 0 spiro atoms. The molecular formula is C11H13BrN2O2. The van der Waals surface area contributed by atoms with Gasteiger partial charge in [-0.2, -0.15) is 0 Å². The Morgan fingerprint density at radius 3 is 2.50 bits per heavy atom. The molecule has 0 radical (unpaired) electrons. The zero-order chi connectivity index (χ0) is 12.3. The van der Waals surface area contributed by atoms with Crippen LogP contribution in [0.3, 0.4) is 0 Å². The molecule has 0 heterocycles. The summed E-state index contributed by atoms with van der Waals surface area (Å²) in [6.07, 6.45) is 0. The summed E-state index contributed by atoms with van der Waals surface area (Å²) in [5.74, 6) is -0.750. The van der Waals surface area contributed by atoms with E-state index in [-0.39, 0.29) is 5.91 Å². The molecule has 1 atom stereocenters. The first kappa shape index (κ1) is 12.7. The molecule has 0 fully saturated rings. The monoisotopic (exact) mass is 284 g/mol. The average molecular weight is 285 g/mol. The van der Waals surface area contributed by atoms with Crippen LogP contribution in [0.5, 0.6) is 0 Å². The summed E-state index contributed by atoms with van der Waals surface area (Å²) in [5.41, 5.74) is 6.00. The van der Waals surface area contributed by atoms with Crippen molar-refractivity contribution in [3.63, 3.8) is 0 Å². The molecule has 0 aliphatic rings. The van der Waals surface area contributed by atoms with E-state index in [9.17, 15) is 9.59 Å². The molecule has 2 N–H and O–H groups in total. The number of halogens is 1. The summed E-state index contributed by atoms with van der Waals surface area (Å²) in [4.78, 5) is 23.9. The van der Waals surface area contributed by atoms with Gasteiger partial charge in [0.15, 0.2) is 0 Å². The summed E-state index contributed by atoms with van der Waals surface area (Å²) < 4.78 is 0.841. The third-order valence-corrected chi connectivity index (χ3v) is 2.81. The smallest absolute Gasteiger partial charge is 0.244 e. The first-order chi connectivity index (χ1) is 7.43. The predicted molar refractivity (Wildman–Crippen MR) is 64.5 cm³/mol. The Morgan fingerprint density at radius 2 is 2.06 bits per heavy atom. The Morgan fingerprint density at radius 1 is 1.44 bits per heavy atom. The molecule has 0 bridgehead atoms. The maximum Gasteiger partial charge on any atom is 0.244 e. The third kappa shape index (κ3) is 2.82. The fourth-order valence-electron chi connectivity index (χ4n) is 1.44. The van der Waals surface area contributed by atoms with Crippen LogP contribution in [0, 0.1) is 0 Å². The van der Waals surface area contributed by atoms with Gasteiger partial charge in [0.2, 0.25) is 11.8 Å². The van der Waals surface area contributed by atoms with Crippen molar-refractivity contribution in [3.05, 3.63) is 34.3 Å². The van der Waals surface area contributed by atoms with Crippen molar-refractivity contribution in [1.82, 2.24) is 4.90 Å². The molecule has 4 nitrogen and oxygen atoms in total. The number of carbonyl (C=O) groups excluding carboxylic acids is 2. The normalized spacial score (nSPS) is 11.9. The molecule has 1 rings (SSSR count). The Kier molecular flexibility index (Phi) is 4.06. The molecule has 16 heavy (non-hydrogen) atoms. The van der Waals surface area contributed by atoms with E-state index >= 15 is 0 Å². The van der Waals surface area contributed by atoms with E-state index in [1.54, 1.807) is 25.2 Å². The minimum atomic E-state index is -0.727. The van der Waals surface area contributed by atoms with Crippen LogP contribution in [0.15, 0.2) is 28.7 Å².